The van der Waals surface area contributed by atoms with E-state index in [0.717, 1.165) is 17.7 Å². The van der Waals surface area contributed by atoms with Gasteiger partial charge in [-0.15, -0.1) is 0 Å². The van der Waals surface area contributed by atoms with E-state index >= 15 is 0 Å². The molecule has 2 N–H and O–H groups in total. The zero-order chi connectivity index (χ0) is 17.4. The Morgan fingerprint density at radius 3 is 2.33 bits per heavy atom. The van der Waals surface area contributed by atoms with Crippen molar-refractivity contribution >= 4 is 34.8 Å². The average Bonchev–Trinajstić information content (AvgIpc) is 2.58. The molecule has 0 fully saturated rings. The molecule has 24 heavy (non-hydrogen) atoms. The number of halogens is 2. The Hall–Kier alpha value is -1.91. The van der Waals surface area contributed by atoms with Gasteiger partial charge in [-0.1, -0.05) is 41.4 Å². The summed E-state index contributed by atoms with van der Waals surface area (Å²) < 4.78 is 5.11. The lowest BCUT2D eigenvalue weighted by atomic mass is 10.1. The Morgan fingerprint density at radius 2 is 1.71 bits per heavy atom. The predicted octanol–water partition coefficient (Wildman–Crippen LogP) is 4.16. The molecule has 0 aromatic heterocycles. The van der Waals surface area contributed by atoms with E-state index in [2.05, 4.69) is 10.6 Å². The van der Waals surface area contributed by atoms with Gasteiger partial charge in [0.1, 0.15) is 5.75 Å². The molecule has 2 rings (SSSR count). The SMILES string of the molecule is COc1ccc(CCNC(=O)CCNc2c(Cl)cccc2Cl)cc1. The molecule has 0 saturated carbocycles. The highest BCUT2D eigenvalue weighted by molar-refractivity contribution is 6.39. The molecule has 0 spiro atoms. The molecule has 0 aliphatic heterocycles. The Kier molecular flexibility index (Phi) is 7.22. The molecule has 2 aromatic carbocycles. The third-order valence-electron chi connectivity index (χ3n) is 3.51. The number of ether oxygens (including phenoxy) is 1. The molecule has 1 amide bonds. The van der Waals surface area contributed by atoms with Crippen LogP contribution in [0, 0.1) is 0 Å². The van der Waals surface area contributed by atoms with Gasteiger partial charge in [0.2, 0.25) is 5.91 Å². The maximum Gasteiger partial charge on any atom is 0.221 e. The molecule has 128 valence electrons. The van der Waals surface area contributed by atoms with Crippen molar-refractivity contribution < 1.29 is 9.53 Å². The van der Waals surface area contributed by atoms with Crippen LogP contribution in [-0.2, 0) is 11.2 Å². The third-order valence-corrected chi connectivity index (χ3v) is 4.14. The zero-order valence-corrected chi connectivity index (χ0v) is 15.0. The second-order valence-electron chi connectivity index (χ2n) is 5.22. The molecule has 2 aromatic rings. The summed E-state index contributed by atoms with van der Waals surface area (Å²) in [4.78, 5) is 11.9. The lowest BCUT2D eigenvalue weighted by Gasteiger charge is -2.10. The van der Waals surface area contributed by atoms with Gasteiger partial charge in [-0.3, -0.25) is 4.79 Å². The van der Waals surface area contributed by atoms with Crippen molar-refractivity contribution in [2.24, 2.45) is 0 Å². The second-order valence-corrected chi connectivity index (χ2v) is 6.04. The van der Waals surface area contributed by atoms with Gasteiger partial charge in [0, 0.05) is 19.5 Å². The topological polar surface area (TPSA) is 50.4 Å². The van der Waals surface area contributed by atoms with Crippen molar-refractivity contribution in [2.45, 2.75) is 12.8 Å². The largest absolute Gasteiger partial charge is 0.497 e. The van der Waals surface area contributed by atoms with Gasteiger partial charge < -0.3 is 15.4 Å². The number of anilines is 1. The Morgan fingerprint density at radius 1 is 1.04 bits per heavy atom. The summed E-state index contributed by atoms with van der Waals surface area (Å²) in [7, 11) is 1.64. The van der Waals surface area contributed by atoms with Crippen LogP contribution in [0.25, 0.3) is 0 Å². The van der Waals surface area contributed by atoms with E-state index < -0.39 is 0 Å². The molecule has 0 bridgehead atoms. The van der Waals surface area contributed by atoms with Crippen LogP contribution in [0.3, 0.4) is 0 Å². The fraction of sp³-hybridized carbons (Fsp3) is 0.278. The number of carbonyl (C=O) groups is 1. The van der Waals surface area contributed by atoms with Crippen molar-refractivity contribution in [3.05, 3.63) is 58.1 Å². The molecule has 0 radical (unpaired) electrons. The zero-order valence-electron chi connectivity index (χ0n) is 13.4. The smallest absolute Gasteiger partial charge is 0.221 e. The number of nitrogens with one attached hydrogen (secondary N) is 2. The third kappa shape index (κ3) is 5.62. The van der Waals surface area contributed by atoms with Crippen LogP contribution in [0.1, 0.15) is 12.0 Å². The number of benzene rings is 2. The van der Waals surface area contributed by atoms with E-state index in [0.29, 0.717) is 35.2 Å². The van der Waals surface area contributed by atoms with Crippen LogP contribution in [0.2, 0.25) is 10.0 Å². The van der Waals surface area contributed by atoms with Gasteiger partial charge in [0.15, 0.2) is 0 Å². The second kappa shape index (κ2) is 9.40. The first-order valence-electron chi connectivity index (χ1n) is 7.67. The Balaban J connectivity index is 1.68. The fourth-order valence-electron chi connectivity index (χ4n) is 2.19. The number of carbonyl (C=O) groups excluding carboxylic acids is 1. The average molecular weight is 367 g/mol. The summed E-state index contributed by atoms with van der Waals surface area (Å²) in [6, 6.07) is 13.1. The summed E-state index contributed by atoms with van der Waals surface area (Å²) in [6.45, 7) is 1.07. The van der Waals surface area contributed by atoms with Gasteiger partial charge in [-0.25, -0.2) is 0 Å². The molecule has 0 aliphatic carbocycles. The van der Waals surface area contributed by atoms with Crippen LogP contribution >= 0.6 is 23.2 Å². The fourth-order valence-corrected chi connectivity index (χ4v) is 2.73. The van der Waals surface area contributed by atoms with Gasteiger partial charge in [-0.2, -0.15) is 0 Å². The highest BCUT2D eigenvalue weighted by Gasteiger charge is 2.06. The van der Waals surface area contributed by atoms with Crippen LogP contribution < -0.4 is 15.4 Å². The summed E-state index contributed by atoms with van der Waals surface area (Å²) in [5.74, 6) is 0.811. The van der Waals surface area contributed by atoms with Crippen LogP contribution in [0.15, 0.2) is 42.5 Å². The molecule has 6 heteroatoms. The molecule has 0 aliphatic rings. The number of hydrogen-bond donors (Lipinski definition) is 2. The van der Waals surface area contributed by atoms with Crippen molar-refractivity contribution in [2.75, 3.05) is 25.5 Å². The van der Waals surface area contributed by atoms with Crippen molar-refractivity contribution in [3.8, 4) is 5.75 Å². The van der Waals surface area contributed by atoms with E-state index in [4.69, 9.17) is 27.9 Å². The van der Waals surface area contributed by atoms with Gasteiger partial charge in [0.25, 0.3) is 0 Å². The highest BCUT2D eigenvalue weighted by atomic mass is 35.5. The summed E-state index contributed by atoms with van der Waals surface area (Å²) in [5.41, 5.74) is 1.81. The van der Waals surface area contributed by atoms with E-state index in [1.54, 1.807) is 25.3 Å². The molecular weight excluding hydrogens is 347 g/mol. The standard InChI is InChI=1S/C18H20Cl2N2O2/c1-24-14-7-5-13(6-8-14)9-11-21-17(23)10-12-22-18-15(19)3-2-4-16(18)20/h2-8,22H,9-12H2,1H3,(H,21,23). The molecule has 0 heterocycles. The quantitative estimate of drug-likeness (QED) is 0.737. The number of rotatable bonds is 8. The lowest BCUT2D eigenvalue weighted by molar-refractivity contribution is -0.120. The molecule has 4 nitrogen and oxygen atoms in total. The summed E-state index contributed by atoms with van der Waals surface area (Å²) in [5, 5.41) is 7.08. The van der Waals surface area contributed by atoms with E-state index in [1.807, 2.05) is 24.3 Å². The molecular formula is C18H20Cl2N2O2. The number of hydrogen-bond acceptors (Lipinski definition) is 3. The maximum absolute atomic E-state index is 11.9. The lowest BCUT2D eigenvalue weighted by Crippen LogP contribution is -2.27. The molecule has 0 unspecified atom stereocenters. The van der Waals surface area contributed by atoms with Crippen molar-refractivity contribution in [3.63, 3.8) is 0 Å². The first-order valence-corrected chi connectivity index (χ1v) is 8.43. The Labute approximate surface area is 152 Å². The van der Waals surface area contributed by atoms with Crippen LogP contribution in [-0.4, -0.2) is 26.1 Å². The van der Waals surface area contributed by atoms with Crippen LogP contribution in [0.4, 0.5) is 5.69 Å². The number of para-hydroxylation sites is 1. The maximum atomic E-state index is 11.9. The van der Waals surface area contributed by atoms with Gasteiger partial charge >= 0.3 is 0 Å². The van der Waals surface area contributed by atoms with Crippen molar-refractivity contribution in [1.29, 1.82) is 0 Å². The van der Waals surface area contributed by atoms with E-state index in [9.17, 15) is 4.79 Å². The van der Waals surface area contributed by atoms with Crippen LogP contribution in [0.5, 0.6) is 5.75 Å². The normalized spacial score (nSPS) is 10.3. The minimum Gasteiger partial charge on any atom is -0.497 e. The Bertz CT molecular complexity index is 655. The van der Waals surface area contributed by atoms with E-state index in [1.165, 1.54) is 0 Å². The van der Waals surface area contributed by atoms with Gasteiger partial charge in [-0.05, 0) is 36.2 Å². The first kappa shape index (κ1) is 18.4. The summed E-state index contributed by atoms with van der Waals surface area (Å²) in [6.07, 6.45) is 1.13. The van der Waals surface area contributed by atoms with E-state index in [-0.39, 0.29) is 5.91 Å². The minimum absolute atomic E-state index is 0.0146. The van der Waals surface area contributed by atoms with Crippen molar-refractivity contribution in [1.82, 2.24) is 5.32 Å². The number of methoxy groups -OCH3 is 1. The highest BCUT2D eigenvalue weighted by Crippen LogP contribution is 2.29. The monoisotopic (exact) mass is 366 g/mol. The predicted molar refractivity (Wildman–Crippen MR) is 99.3 cm³/mol. The summed E-state index contributed by atoms with van der Waals surface area (Å²) >= 11 is 12.1. The molecule has 0 saturated heterocycles. The number of amides is 1. The minimum atomic E-state index is -0.0146. The molecule has 0 atom stereocenters. The van der Waals surface area contributed by atoms with Gasteiger partial charge in [0.05, 0.1) is 22.8 Å². The first-order chi connectivity index (χ1) is 11.6.